The molecule has 0 N–H and O–H groups in total. The minimum Gasteiger partial charge on any atom is -0.338 e. The number of aryl methyl sites for hydroxylation is 2. The molecule has 1 atom stereocenters. The van der Waals surface area contributed by atoms with Gasteiger partial charge in [-0.05, 0) is 20.3 Å². The first-order valence-electron chi connectivity index (χ1n) is 4.74. The lowest BCUT2D eigenvalue weighted by atomic mass is 10.4. The average Bonchev–Trinajstić information content (AvgIpc) is 2.57. The Balaban J connectivity index is 2.20. The van der Waals surface area contributed by atoms with Crippen LogP contribution in [0.3, 0.4) is 0 Å². The average molecular weight is 257 g/mol. The van der Waals surface area contributed by atoms with E-state index in [4.69, 9.17) is 0 Å². The first kappa shape index (κ1) is 9.83. The van der Waals surface area contributed by atoms with Gasteiger partial charge in [-0.3, -0.25) is 0 Å². The molecular weight excluding hydrogens is 244 g/mol. The Morgan fingerprint density at radius 1 is 1.29 bits per heavy atom. The van der Waals surface area contributed by atoms with Gasteiger partial charge in [0.15, 0.2) is 0 Å². The monoisotopic (exact) mass is 256 g/mol. The molecule has 14 heavy (non-hydrogen) atoms. The summed E-state index contributed by atoms with van der Waals surface area (Å²) in [5.41, 5.74) is 1.87. The highest BCUT2D eigenvalue weighted by atomic mass is 79.9. The van der Waals surface area contributed by atoms with E-state index in [1.54, 1.807) is 0 Å². The maximum absolute atomic E-state index is 4.42. The molecule has 0 amide bonds. The van der Waals surface area contributed by atoms with Gasteiger partial charge < -0.3 is 4.90 Å². The molecule has 1 aromatic rings. The highest BCUT2D eigenvalue weighted by Gasteiger charge is 2.22. The fourth-order valence-electron chi connectivity index (χ4n) is 1.48. The molecule has 1 saturated heterocycles. The predicted octanol–water partition coefficient (Wildman–Crippen LogP) is 1.46. The minimum atomic E-state index is 0.563. The summed E-state index contributed by atoms with van der Waals surface area (Å²) in [5, 5.41) is 8.18. The van der Waals surface area contributed by atoms with E-state index in [0.29, 0.717) is 4.83 Å². The fourth-order valence-corrected chi connectivity index (χ4v) is 2.03. The lowest BCUT2D eigenvalue weighted by molar-refractivity contribution is 0.820. The lowest BCUT2D eigenvalue weighted by Crippen LogP contribution is -2.23. The van der Waals surface area contributed by atoms with Crippen LogP contribution < -0.4 is 4.90 Å². The lowest BCUT2D eigenvalue weighted by Gasteiger charge is -2.14. The van der Waals surface area contributed by atoms with Crippen LogP contribution in [0, 0.1) is 13.8 Å². The Labute approximate surface area is 91.9 Å². The molecular formula is C9H13BrN4. The van der Waals surface area contributed by atoms with Crippen LogP contribution >= 0.6 is 15.9 Å². The van der Waals surface area contributed by atoms with Gasteiger partial charge in [-0.2, -0.15) is 5.10 Å². The van der Waals surface area contributed by atoms with Crippen molar-refractivity contribution in [2.75, 3.05) is 18.0 Å². The number of hydrogen-bond acceptors (Lipinski definition) is 4. The van der Waals surface area contributed by atoms with Crippen LogP contribution in [0.2, 0.25) is 0 Å². The molecule has 1 aliphatic heterocycles. The van der Waals surface area contributed by atoms with E-state index in [-0.39, 0.29) is 0 Å². The Morgan fingerprint density at radius 3 is 2.64 bits per heavy atom. The van der Waals surface area contributed by atoms with E-state index < -0.39 is 0 Å². The maximum Gasteiger partial charge on any atom is 0.245 e. The third-order valence-electron chi connectivity index (χ3n) is 2.49. The molecule has 1 aliphatic rings. The number of hydrogen-bond donors (Lipinski definition) is 0. The molecule has 0 aromatic carbocycles. The minimum absolute atomic E-state index is 0.563. The van der Waals surface area contributed by atoms with Gasteiger partial charge in [-0.25, -0.2) is 4.98 Å². The Morgan fingerprint density at radius 2 is 2.07 bits per heavy atom. The Kier molecular flexibility index (Phi) is 2.67. The van der Waals surface area contributed by atoms with Gasteiger partial charge in [0.05, 0.1) is 11.4 Å². The Bertz CT molecular complexity index is 342. The second-order valence-corrected chi connectivity index (χ2v) is 4.91. The molecule has 2 rings (SSSR count). The first-order chi connectivity index (χ1) is 6.66. The molecule has 1 unspecified atom stereocenters. The molecule has 0 spiro atoms. The molecule has 1 aromatic heterocycles. The fraction of sp³-hybridized carbons (Fsp3) is 0.667. The SMILES string of the molecule is Cc1nnc(N2CCC(Br)C2)nc1C. The molecule has 76 valence electrons. The smallest absolute Gasteiger partial charge is 0.245 e. The standard InChI is InChI=1S/C9H13BrN4/c1-6-7(2)12-13-9(11-6)14-4-3-8(10)5-14/h8H,3-5H2,1-2H3. The largest absolute Gasteiger partial charge is 0.338 e. The third kappa shape index (κ3) is 1.87. The van der Waals surface area contributed by atoms with Crippen molar-refractivity contribution in [2.45, 2.75) is 25.1 Å². The molecule has 0 aliphatic carbocycles. The number of aromatic nitrogens is 3. The van der Waals surface area contributed by atoms with Crippen molar-refractivity contribution in [1.29, 1.82) is 0 Å². The summed E-state index contributed by atoms with van der Waals surface area (Å²) in [6, 6.07) is 0. The highest BCUT2D eigenvalue weighted by molar-refractivity contribution is 9.09. The van der Waals surface area contributed by atoms with Crippen molar-refractivity contribution in [3.8, 4) is 0 Å². The molecule has 4 nitrogen and oxygen atoms in total. The van der Waals surface area contributed by atoms with Gasteiger partial charge in [0, 0.05) is 17.9 Å². The van der Waals surface area contributed by atoms with E-state index in [9.17, 15) is 0 Å². The first-order valence-corrected chi connectivity index (χ1v) is 5.65. The van der Waals surface area contributed by atoms with Gasteiger partial charge in [-0.15, -0.1) is 5.10 Å². The van der Waals surface area contributed by atoms with E-state index in [1.807, 2.05) is 13.8 Å². The maximum atomic E-state index is 4.42. The summed E-state index contributed by atoms with van der Waals surface area (Å²) < 4.78 is 0. The van der Waals surface area contributed by atoms with Gasteiger partial charge in [-0.1, -0.05) is 15.9 Å². The summed E-state index contributed by atoms with van der Waals surface area (Å²) in [4.78, 5) is 7.15. The molecule has 1 fully saturated rings. The van der Waals surface area contributed by atoms with Crippen LogP contribution in [-0.2, 0) is 0 Å². The van der Waals surface area contributed by atoms with E-state index in [2.05, 4.69) is 36.0 Å². The summed E-state index contributed by atoms with van der Waals surface area (Å²) >= 11 is 3.59. The van der Waals surface area contributed by atoms with Crippen LogP contribution in [0.5, 0.6) is 0 Å². The quantitative estimate of drug-likeness (QED) is 0.714. The number of halogens is 1. The zero-order chi connectivity index (χ0) is 10.1. The number of alkyl halides is 1. The van der Waals surface area contributed by atoms with Gasteiger partial charge in [0.1, 0.15) is 0 Å². The molecule has 2 heterocycles. The summed E-state index contributed by atoms with van der Waals surface area (Å²) in [5.74, 6) is 0.759. The van der Waals surface area contributed by atoms with Crippen LogP contribution in [0.4, 0.5) is 5.95 Å². The third-order valence-corrected chi connectivity index (χ3v) is 3.24. The second kappa shape index (κ2) is 3.81. The Hall–Kier alpha value is -0.710. The normalized spacial score (nSPS) is 21.6. The van der Waals surface area contributed by atoms with Crippen LogP contribution in [0.1, 0.15) is 17.8 Å². The zero-order valence-electron chi connectivity index (χ0n) is 8.37. The van der Waals surface area contributed by atoms with Crippen LogP contribution in [0.15, 0.2) is 0 Å². The van der Waals surface area contributed by atoms with Gasteiger partial charge in [0.2, 0.25) is 5.95 Å². The number of nitrogens with zero attached hydrogens (tertiary/aromatic N) is 4. The molecule has 0 saturated carbocycles. The van der Waals surface area contributed by atoms with Gasteiger partial charge >= 0.3 is 0 Å². The van der Waals surface area contributed by atoms with Crippen molar-refractivity contribution in [3.05, 3.63) is 11.4 Å². The van der Waals surface area contributed by atoms with Crippen molar-refractivity contribution in [2.24, 2.45) is 0 Å². The predicted molar refractivity (Wildman–Crippen MR) is 58.8 cm³/mol. The molecule has 5 heteroatoms. The zero-order valence-corrected chi connectivity index (χ0v) is 9.95. The second-order valence-electron chi connectivity index (χ2n) is 3.61. The molecule has 0 bridgehead atoms. The number of anilines is 1. The van der Waals surface area contributed by atoms with E-state index >= 15 is 0 Å². The van der Waals surface area contributed by atoms with Crippen molar-refractivity contribution in [3.63, 3.8) is 0 Å². The summed E-state index contributed by atoms with van der Waals surface area (Å²) in [7, 11) is 0. The topological polar surface area (TPSA) is 41.9 Å². The van der Waals surface area contributed by atoms with Crippen molar-refractivity contribution >= 4 is 21.9 Å². The summed E-state index contributed by atoms with van der Waals surface area (Å²) in [6.07, 6.45) is 1.15. The van der Waals surface area contributed by atoms with Crippen molar-refractivity contribution in [1.82, 2.24) is 15.2 Å². The van der Waals surface area contributed by atoms with Crippen LogP contribution in [0.25, 0.3) is 0 Å². The van der Waals surface area contributed by atoms with E-state index in [0.717, 1.165) is 36.8 Å². The summed E-state index contributed by atoms with van der Waals surface area (Å²) in [6.45, 7) is 5.88. The van der Waals surface area contributed by atoms with Gasteiger partial charge in [0.25, 0.3) is 0 Å². The van der Waals surface area contributed by atoms with E-state index in [1.165, 1.54) is 0 Å². The van der Waals surface area contributed by atoms with Crippen LogP contribution in [-0.4, -0.2) is 33.1 Å². The number of rotatable bonds is 1. The van der Waals surface area contributed by atoms with Crippen molar-refractivity contribution < 1.29 is 0 Å². The molecule has 0 radical (unpaired) electrons. The highest BCUT2D eigenvalue weighted by Crippen LogP contribution is 2.20.